The van der Waals surface area contributed by atoms with Gasteiger partial charge in [0.1, 0.15) is 34.6 Å². The van der Waals surface area contributed by atoms with Crippen molar-refractivity contribution in [3.63, 3.8) is 0 Å². The van der Waals surface area contributed by atoms with E-state index >= 15 is 0 Å². The van der Waals surface area contributed by atoms with Crippen LogP contribution in [0.2, 0.25) is 0 Å². The van der Waals surface area contributed by atoms with Crippen LogP contribution < -0.4 is 11.1 Å². The Morgan fingerprint density at radius 3 is 2.45 bits per heavy atom. The zero-order chi connectivity index (χ0) is 31.4. The number of halogens is 5. The normalized spacial score (nSPS) is 21.6. The minimum Gasteiger partial charge on any atom is -0.382 e. The summed E-state index contributed by atoms with van der Waals surface area (Å²) < 4.78 is 69.1. The summed E-state index contributed by atoms with van der Waals surface area (Å²) in [6, 6.07) is 7.63. The van der Waals surface area contributed by atoms with Crippen LogP contribution in [0.3, 0.4) is 0 Å². The van der Waals surface area contributed by atoms with Crippen molar-refractivity contribution in [3.8, 4) is 11.3 Å². The fourth-order valence-corrected chi connectivity index (χ4v) is 5.86. The van der Waals surface area contributed by atoms with E-state index in [9.17, 15) is 31.5 Å². The van der Waals surface area contributed by atoms with Crippen molar-refractivity contribution < 1.29 is 31.5 Å². The zero-order valence-corrected chi connectivity index (χ0v) is 23.5. The molecule has 3 N–H and O–H groups in total. The first kappa shape index (κ1) is 29.5. The summed E-state index contributed by atoms with van der Waals surface area (Å²) in [5.74, 6) is -5.16. The Morgan fingerprint density at radius 1 is 1.05 bits per heavy atom. The molecule has 0 bridgehead atoms. The van der Waals surface area contributed by atoms with Crippen LogP contribution in [0.25, 0.3) is 16.8 Å². The first-order valence-corrected chi connectivity index (χ1v) is 14.1. The molecule has 1 saturated carbocycles. The topological polar surface area (TPSA) is 119 Å². The number of alkyl halides is 5. The first-order chi connectivity index (χ1) is 20.8. The maximum absolute atomic E-state index is 14.1. The van der Waals surface area contributed by atoms with Gasteiger partial charge >= 0.3 is 6.18 Å². The van der Waals surface area contributed by atoms with E-state index in [0.717, 1.165) is 18.3 Å². The third-order valence-corrected chi connectivity index (χ3v) is 8.46. The van der Waals surface area contributed by atoms with Crippen molar-refractivity contribution in [3.05, 3.63) is 71.9 Å². The molecule has 3 unspecified atom stereocenters. The van der Waals surface area contributed by atoms with Gasteiger partial charge in [-0.3, -0.25) is 14.0 Å². The lowest BCUT2D eigenvalue weighted by Crippen LogP contribution is -2.54. The summed E-state index contributed by atoms with van der Waals surface area (Å²) in [6.07, 6.45) is 0.788. The number of nitrogens with two attached hydrogens (primary N) is 1. The quantitative estimate of drug-likeness (QED) is 0.276. The number of amides is 2. The molecule has 6 rings (SSSR count). The molecule has 0 spiro atoms. The highest BCUT2D eigenvalue weighted by Crippen LogP contribution is 2.45. The highest BCUT2D eigenvalue weighted by molar-refractivity contribution is 6.04. The van der Waals surface area contributed by atoms with E-state index in [2.05, 4.69) is 15.3 Å². The van der Waals surface area contributed by atoms with Crippen molar-refractivity contribution in [1.29, 1.82) is 0 Å². The van der Waals surface area contributed by atoms with Crippen LogP contribution in [0.1, 0.15) is 60.3 Å². The Kier molecular flexibility index (Phi) is 7.25. The average molecular weight is 614 g/mol. The SMILES string of the molecule is CC1CCC(c2nc(-c3ccc(C(=O)Nc4cc(C(F)(F)F)ccn4)cc3)c3c(N)nccn23)CN1C(=O)C1CCC1(F)F. The second kappa shape index (κ2) is 10.8. The average Bonchev–Trinajstić information content (AvgIpc) is 3.37. The zero-order valence-electron chi connectivity index (χ0n) is 23.5. The lowest BCUT2D eigenvalue weighted by Gasteiger charge is -2.43. The molecule has 3 atom stereocenters. The number of hydrogen-bond acceptors (Lipinski definition) is 6. The summed E-state index contributed by atoms with van der Waals surface area (Å²) in [7, 11) is 0. The fraction of sp³-hybridized carbons (Fsp3) is 0.367. The Hall–Kier alpha value is -4.62. The van der Waals surface area contributed by atoms with Gasteiger partial charge in [-0.1, -0.05) is 12.1 Å². The van der Waals surface area contributed by atoms with Gasteiger partial charge in [0.2, 0.25) is 5.91 Å². The maximum Gasteiger partial charge on any atom is 0.416 e. The van der Waals surface area contributed by atoms with Gasteiger partial charge in [-0.15, -0.1) is 0 Å². The Labute approximate surface area is 248 Å². The van der Waals surface area contributed by atoms with Crippen LogP contribution in [0, 0.1) is 5.92 Å². The van der Waals surface area contributed by atoms with Crippen molar-refractivity contribution in [2.24, 2.45) is 5.92 Å². The summed E-state index contributed by atoms with van der Waals surface area (Å²) in [5, 5.41) is 2.37. The number of nitrogens with one attached hydrogen (secondary N) is 1. The van der Waals surface area contributed by atoms with Crippen molar-refractivity contribution in [2.75, 3.05) is 17.6 Å². The summed E-state index contributed by atoms with van der Waals surface area (Å²) in [4.78, 5) is 40.3. The number of imidazole rings is 1. The van der Waals surface area contributed by atoms with E-state index in [1.165, 1.54) is 18.3 Å². The summed E-state index contributed by atoms with van der Waals surface area (Å²) >= 11 is 0. The van der Waals surface area contributed by atoms with Gasteiger partial charge in [-0.05, 0) is 50.5 Å². The standard InChI is InChI=1S/C30H28F5N7O2/c1-16-2-3-19(15-42(16)28(44)21-8-10-29(21,31)32)26-40-23(24-25(36)38-12-13-41(24)26)17-4-6-18(7-5-17)27(43)39-22-14-20(9-11-37-22)30(33,34)35/h4-7,9,11-14,16,19,21H,2-3,8,10,15H2,1H3,(H2,36,38)(H,37,39,43). The number of anilines is 2. The number of aromatic nitrogens is 4. The van der Waals surface area contributed by atoms with Gasteiger partial charge in [0.05, 0.1) is 5.56 Å². The highest BCUT2D eigenvalue weighted by atomic mass is 19.4. The van der Waals surface area contributed by atoms with E-state index in [1.807, 2.05) is 6.92 Å². The molecule has 44 heavy (non-hydrogen) atoms. The molecule has 3 aromatic heterocycles. The molecule has 2 fully saturated rings. The molecule has 2 amide bonds. The third kappa shape index (κ3) is 5.33. The predicted octanol–water partition coefficient (Wildman–Crippen LogP) is 5.78. The monoisotopic (exact) mass is 613 g/mol. The maximum atomic E-state index is 14.1. The molecule has 2 aliphatic rings. The van der Waals surface area contributed by atoms with Crippen molar-refractivity contribution in [1.82, 2.24) is 24.3 Å². The second-order valence-electron chi connectivity index (χ2n) is 11.3. The van der Waals surface area contributed by atoms with Crippen LogP contribution >= 0.6 is 0 Å². The van der Waals surface area contributed by atoms with Crippen LogP contribution in [0.15, 0.2) is 55.0 Å². The number of hydrogen-bond donors (Lipinski definition) is 2. The Balaban J connectivity index is 1.27. The predicted molar refractivity (Wildman–Crippen MR) is 151 cm³/mol. The molecule has 0 radical (unpaired) electrons. The fourth-order valence-electron chi connectivity index (χ4n) is 5.86. The van der Waals surface area contributed by atoms with Gasteiger partial charge < -0.3 is 16.0 Å². The molecule has 14 heteroatoms. The number of likely N-dealkylation sites (tertiary alicyclic amines) is 1. The number of fused-ring (bicyclic) bond motifs is 1. The van der Waals surface area contributed by atoms with E-state index in [0.29, 0.717) is 35.4 Å². The van der Waals surface area contributed by atoms with Gasteiger partial charge in [0.25, 0.3) is 11.8 Å². The van der Waals surface area contributed by atoms with Gasteiger partial charge in [-0.25, -0.2) is 23.7 Å². The molecule has 1 aliphatic carbocycles. The van der Waals surface area contributed by atoms with Crippen LogP contribution in [0.5, 0.6) is 0 Å². The number of benzene rings is 1. The number of nitrogen functional groups attached to an aromatic ring is 1. The molecular formula is C30H28F5N7O2. The number of nitrogens with zero attached hydrogens (tertiary/aromatic N) is 5. The lowest BCUT2D eigenvalue weighted by molar-refractivity contribution is -0.175. The number of piperidine rings is 1. The van der Waals surface area contributed by atoms with Crippen LogP contribution in [0.4, 0.5) is 33.6 Å². The first-order valence-electron chi connectivity index (χ1n) is 14.1. The molecule has 230 valence electrons. The summed E-state index contributed by atoms with van der Waals surface area (Å²) in [6.45, 7) is 2.10. The van der Waals surface area contributed by atoms with E-state index in [4.69, 9.17) is 10.7 Å². The minimum atomic E-state index is -4.58. The van der Waals surface area contributed by atoms with Gasteiger partial charge in [0, 0.05) is 54.6 Å². The van der Waals surface area contributed by atoms with Crippen LogP contribution in [-0.4, -0.2) is 54.6 Å². The number of carbonyl (C=O) groups is 2. The van der Waals surface area contributed by atoms with Crippen molar-refractivity contribution >= 4 is 29.0 Å². The number of carbonyl (C=O) groups excluding carboxylic acids is 2. The lowest BCUT2D eigenvalue weighted by atomic mass is 9.78. The Morgan fingerprint density at radius 2 is 1.80 bits per heavy atom. The molecule has 1 saturated heterocycles. The highest BCUT2D eigenvalue weighted by Gasteiger charge is 2.54. The van der Waals surface area contributed by atoms with E-state index in [-0.39, 0.29) is 48.5 Å². The number of rotatable bonds is 5. The minimum absolute atomic E-state index is 0.169. The molecule has 9 nitrogen and oxygen atoms in total. The third-order valence-electron chi connectivity index (χ3n) is 8.46. The molecule has 4 aromatic rings. The second-order valence-corrected chi connectivity index (χ2v) is 11.3. The van der Waals surface area contributed by atoms with E-state index in [1.54, 1.807) is 27.6 Å². The Bertz CT molecular complexity index is 1740. The van der Waals surface area contributed by atoms with Gasteiger partial charge in [0.15, 0.2) is 0 Å². The van der Waals surface area contributed by atoms with E-state index < -0.39 is 35.4 Å². The van der Waals surface area contributed by atoms with Crippen LogP contribution in [-0.2, 0) is 11.0 Å². The van der Waals surface area contributed by atoms with Crippen molar-refractivity contribution in [2.45, 2.75) is 56.7 Å². The smallest absolute Gasteiger partial charge is 0.382 e. The molecule has 4 heterocycles. The largest absolute Gasteiger partial charge is 0.416 e. The molecule has 1 aliphatic heterocycles. The van der Waals surface area contributed by atoms with Gasteiger partial charge in [-0.2, -0.15) is 13.2 Å². The molecule has 1 aromatic carbocycles. The molecular weight excluding hydrogens is 585 g/mol. The summed E-state index contributed by atoms with van der Waals surface area (Å²) in [5.41, 5.74) is 7.07. The number of pyridine rings is 1.